The van der Waals surface area contributed by atoms with Gasteiger partial charge in [0.1, 0.15) is 0 Å². The molecule has 23 heavy (non-hydrogen) atoms. The number of nitrogens with two attached hydrogens (primary N) is 1. The lowest BCUT2D eigenvalue weighted by molar-refractivity contribution is -0.137. The van der Waals surface area contributed by atoms with E-state index in [0.717, 1.165) is 11.1 Å². The van der Waals surface area contributed by atoms with E-state index in [4.69, 9.17) is 10.8 Å². The number of anilines is 1. The number of hydrogen-bond donors (Lipinski definition) is 3. The number of carbonyl (C=O) groups is 1. The molecule has 6 nitrogen and oxygen atoms in total. The maximum atomic E-state index is 12.1. The van der Waals surface area contributed by atoms with E-state index in [2.05, 4.69) is 4.72 Å². The first kappa shape index (κ1) is 17.0. The number of carboxylic acids is 1. The van der Waals surface area contributed by atoms with Gasteiger partial charge in [0.25, 0.3) is 0 Å². The van der Waals surface area contributed by atoms with Gasteiger partial charge in [-0.15, -0.1) is 0 Å². The van der Waals surface area contributed by atoms with Crippen LogP contribution < -0.4 is 10.5 Å². The Balaban J connectivity index is 2.09. The van der Waals surface area contributed by atoms with Gasteiger partial charge in [-0.25, -0.2) is 13.1 Å². The lowest BCUT2D eigenvalue weighted by atomic mass is 10.0. The van der Waals surface area contributed by atoms with E-state index in [1.807, 2.05) is 18.2 Å². The molecular weight excluding hydrogens is 316 g/mol. The largest absolute Gasteiger partial charge is 0.481 e. The number of hydrogen-bond acceptors (Lipinski definition) is 4. The fraction of sp³-hybridized carbons (Fsp3) is 0.188. The van der Waals surface area contributed by atoms with Crippen LogP contribution in [0.2, 0.25) is 0 Å². The molecule has 0 aliphatic rings. The van der Waals surface area contributed by atoms with Gasteiger partial charge in [0.15, 0.2) is 0 Å². The molecule has 2 aromatic rings. The van der Waals surface area contributed by atoms with Crippen LogP contribution in [0.3, 0.4) is 0 Å². The van der Waals surface area contributed by atoms with Crippen LogP contribution in [0.1, 0.15) is 12.8 Å². The molecule has 0 fully saturated rings. The van der Waals surface area contributed by atoms with Crippen LogP contribution in [-0.2, 0) is 14.8 Å². The highest BCUT2D eigenvalue weighted by atomic mass is 32.2. The Hall–Kier alpha value is -2.38. The Kier molecular flexibility index (Phi) is 5.36. The third-order valence-electron chi connectivity index (χ3n) is 3.30. The molecule has 0 saturated heterocycles. The SMILES string of the molecule is Nc1ccccc1-c1ccc(S(=O)(=O)NCCCC(=O)O)cc1. The molecule has 0 aliphatic heterocycles. The third-order valence-corrected chi connectivity index (χ3v) is 4.77. The van der Waals surface area contributed by atoms with Gasteiger partial charge in [-0.1, -0.05) is 30.3 Å². The Bertz CT molecular complexity index is 786. The molecule has 0 amide bonds. The van der Waals surface area contributed by atoms with Crippen molar-refractivity contribution in [2.24, 2.45) is 0 Å². The van der Waals surface area contributed by atoms with Gasteiger partial charge in [0.05, 0.1) is 4.90 Å². The first-order valence-corrected chi connectivity index (χ1v) is 8.55. The average molecular weight is 334 g/mol. The van der Waals surface area contributed by atoms with Crippen LogP contribution in [-0.4, -0.2) is 26.0 Å². The molecule has 0 spiro atoms. The van der Waals surface area contributed by atoms with Gasteiger partial charge in [-0.3, -0.25) is 4.79 Å². The molecule has 4 N–H and O–H groups in total. The second-order valence-corrected chi connectivity index (χ2v) is 6.77. The van der Waals surface area contributed by atoms with E-state index >= 15 is 0 Å². The molecule has 0 saturated carbocycles. The zero-order valence-electron chi connectivity index (χ0n) is 12.4. The maximum absolute atomic E-state index is 12.1. The minimum absolute atomic E-state index is 0.0747. The van der Waals surface area contributed by atoms with Crippen LogP contribution in [0.25, 0.3) is 11.1 Å². The van der Waals surface area contributed by atoms with Crippen molar-refractivity contribution in [2.75, 3.05) is 12.3 Å². The van der Waals surface area contributed by atoms with E-state index in [0.29, 0.717) is 5.69 Å². The molecule has 122 valence electrons. The molecule has 0 aromatic heterocycles. The summed E-state index contributed by atoms with van der Waals surface area (Å²) >= 11 is 0. The standard InChI is InChI=1S/C16H18N2O4S/c17-15-5-2-1-4-14(15)12-7-9-13(10-8-12)23(21,22)18-11-3-6-16(19)20/h1-2,4-5,7-10,18H,3,6,11,17H2,(H,19,20). The summed E-state index contributed by atoms with van der Waals surface area (Å²) in [7, 11) is -3.64. The van der Waals surface area contributed by atoms with Crippen LogP contribution >= 0.6 is 0 Å². The lowest BCUT2D eigenvalue weighted by Gasteiger charge is -2.08. The molecule has 0 unspecified atom stereocenters. The van der Waals surface area contributed by atoms with Crippen molar-refractivity contribution in [3.63, 3.8) is 0 Å². The van der Waals surface area contributed by atoms with Crippen molar-refractivity contribution in [1.29, 1.82) is 0 Å². The second kappa shape index (κ2) is 7.26. The fourth-order valence-corrected chi connectivity index (χ4v) is 3.18. The van der Waals surface area contributed by atoms with E-state index in [-0.39, 0.29) is 24.3 Å². The highest BCUT2D eigenvalue weighted by Gasteiger charge is 2.13. The Morgan fingerprint density at radius 3 is 2.35 bits per heavy atom. The zero-order valence-corrected chi connectivity index (χ0v) is 13.2. The van der Waals surface area contributed by atoms with Crippen LogP contribution in [0.5, 0.6) is 0 Å². The zero-order chi connectivity index (χ0) is 16.9. The minimum atomic E-state index is -3.64. The first-order chi connectivity index (χ1) is 10.9. The number of carboxylic acid groups (broad SMARTS) is 1. The van der Waals surface area contributed by atoms with Gasteiger partial charge < -0.3 is 10.8 Å². The van der Waals surface area contributed by atoms with Gasteiger partial charge in [0, 0.05) is 24.2 Å². The molecule has 7 heteroatoms. The van der Waals surface area contributed by atoms with E-state index in [1.54, 1.807) is 18.2 Å². The van der Waals surface area contributed by atoms with Crippen molar-refractivity contribution >= 4 is 21.7 Å². The number of aliphatic carboxylic acids is 1. The molecule has 0 radical (unpaired) electrons. The van der Waals surface area contributed by atoms with Gasteiger partial charge in [-0.05, 0) is 30.2 Å². The third kappa shape index (κ3) is 4.54. The van der Waals surface area contributed by atoms with Crippen molar-refractivity contribution < 1.29 is 18.3 Å². The van der Waals surface area contributed by atoms with Crippen molar-refractivity contribution in [2.45, 2.75) is 17.7 Å². The summed E-state index contributed by atoms with van der Waals surface area (Å²) in [6.45, 7) is 0.0853. The number of nitrogens with one attached hydrogen (secondary N) is 1. The number of sulfonamides is 1. The summed E-state index contributed by atoms with van der Waals surface area (Å²) in [5, 5.41) is 8.53. The topological polar surface area (TPSA) is 109 Å². The van der Waals surface area contributed by atoms with E-state index in [1.165, 1.54) is 12.1 Å². The maximum Gasteiger partial charge on any atom is 0.303 e. The monoisotopic (exact) mass is 334 g/mol. The lowest BCUT2D eigenvalue weighted by Crippen LogP contribution is -2.25. The van der Waals surface area contributed by atoms with Crippen molar-refractivity contribution in [3.05, 3.63) is 48.5 Å². The van der Waals surface area contributed by atoms with Crippen LogP contribution in [0.4, 0.5) is 5.69 Å². The molecular formula is C16H18N2O4S. The summed E-state index contributed by atoms with van der Waals surface area (Å²) in [6.07, 6.45) is 0.169. The minimum Gasteiger partial charge on any atom is -0.481 e. The smallest absolute Gasteiger partial charge is 0.303 e. The molecule has 2 rings (SSSR count). The average Bonchev–Trinajstić information content (AvgIpc) is 2.52. The highest BCUT2D eigenvalue weighted by molar-refractivity contribution is 7.89. The number of rotatable bonds is 7. The molecule has 0 heterocycles. The van der Waals surface area contributed by atoms with Gasteiger partial charge in [-0.2, -0.15) is 0 Å². The number of nitrogen functional groups attached to an aromatic ring is 1. The summed E-state index contributed by atoms with van der Waals surface area (Å²) < 4.78 is 26.6. The summed E-state index contributed by atoms with van der Waals surface area (Å²) in [5.74, 6) is -0.950. The normalized spacial score (nSPS) is 11.3. The fourth-order valence-electron chi connectivity index (χ4n) is 2.10. The highest BCUT2D eigenvalue weighted by Crippen LogP contribution is 2.26. The quantitative estimate of drug-likeness (QED) is 0.530. The predicted molar refractivity (Wildman–Crippen MR) is 88.3 cm³/mol. The summed E-state index contributed by atoms with van der Waals surface area (Å²) in [6, 6.07) is 13.7. The predicted octanol–water partition coefficient (Wildman–Crippen LogP) is 2.08. The number of benzene rings is 2. The van der Waals surface area contributed by atoms with Crippen molar-refractivity contribution in [3.8, 4) is 11.1 Å². The summed E-state index contributed by atoms with van der Waals surface area (Å²) in [5.41, 5.74) is 8.19. The Morgan fingerprint density at radius 1 is 1.09 bits per heavy atom. The van der Waals surface area contributed by atoms with E-state index in [9.17, 15) is 13.2 Å². The van der Waals surface area contributed by atoms with Gasteiger partial charge >= 0.3 is 5.97 Å². The van der Waals surface area contributed by atoms with Crippen molar-refractivity contribution in [1.82, 2.24) is 4.72 Å². The molecule has 2 aromatic carbocycles. The van der Waals surface area contributed by atoms with Crippen LogP contribution in [0, 0.1) is 0 Å². The summed E-state index contributed by atoms with van der Waals surface area (Å²) in [4.78, 5) is 10.5. The molecule has 0 bridgehead atoms. The molecule has 0 aliphatic carbocycles. The Morgan fingerprint density at radius 2 is 1.74 bits per heavy atom. The first-order valence-electron chi connectivity index (χ1n) is 7.06. The second-order valence-electron chi connectivity index (χ2n) is 5.01. The molecule has 0 atom stereocenters. The van der Waals surface area contributed by atoms with Gasteiger partial charge in [0.2, 0.25) is 10.0 Å². The number of para-hydroxylation sites is 1. The van der Waals surface area contributed by atoms with Crippen LogP contribution in [0.15, 0.2) is 53.4 Å². The Labute approximate surface area is 135 Å². The van der Waals surface area contributed by atoms with E-state index < -0.39 is 16.0 Å².